The van der Waals surface area contributed by atoms with Gasteiger partial charge in [-0.05, 0) is 30.7 Å². The van der Waals surface area contributed by atoms with Gasteiger partial charge in [-0.25, -0.2) is 4.98 Å². The van der Waals surface area contributed by atoms with Crippen molar-refractivity contribution in [2.24, 2.45) is 0 Å². The van der Waals surface area contributed by atoms with Gasteiger partial charge in [0.2, 0.25) is 0 Å². The second kappa shape index (κ2) is 7.52. The first-order valence-electron chi connectivity index (χ1n) is 9.01. The smallest absolute Gasteiger partial charge is 0.168 e. The maximum atomic E-state index is 5.48. The summed E-state index contributed by atoms with van der Waals surface area (Å²) in [6, 6.07) is 20.2. The highest BCUT2D eigenvalue weighted by Gasteiger charge is 2.14. The predicted octanol–water partition coefficient (Wildman–Crippen LogP) is 4.36. The van der Waals surface area contributed by atoms with Crippen molar-refractivity contribution in [3.05, 3.63) is 72.7 Å². The van der Waals surface area contributed by atoms with Gasteiger partial charge in [0.05, 0.1) is 19.0 Å². The molecule has 0 atom stereocenters. The molecule has 2 aromatic heterocycles. The lowest BCUT2D eigenvalue weighted by molar-refractivity contribution is 0.416. The highest BCUT2D eigenvalue weighted by Crippen LogP contribution is 2.31. The third-order valence-electron chi connectivity index (χ3n) is 4.65. The van der Waals surface area contributed by atoms with E-state index in [0.29, 0.717) is 0 Å². The number of nitrogens with zero attached hydrogens (tertiary/aromatic N) is 4. The molecule has 0 fully saturated rings. The minimum Gasteiger partial charge on any atom is -0.496 e. The fourth-order valence-electron chi connectivity index (χ4n) is 3.21. The van der Waals surface area contributed by atoms with E-state index in [1.165, 1.54) is 0 Å². The number of benzene rings is 2. The average Bonchev–Trinajstić information content (AvgIpc) is 3.15. The molecule has 2 heterocycles. The summed E-state index contributed by atoms with van der Waals surface area (Å²) in [5.41, 5.74) is 4.05. The molecule has 0 aliphatic heterocycles. The monoisotopic (exact) mass is 371 g/mol. The van der Waals surface area contributed by atoms with Crippen molar-refractivity contribution in [3.8, 4) is 34.0 Å². The minimum atomic E-state index is 0.781. The van der Waals surface area contributed by atoms with Gasteiger partial charge >= 0.3 is 0 Å². The van der Waals surface area contributed by atoms with Crippen molar-refractivity contribution in [2.45, 2.75) is 6.92 Å². The lowest BCUT2D eigenvalue weighted by atomic mass is 10.0. The standard InChI is InChI=1S/C22H21N5O/c1-15-25-26-22(27(15)18-12-13-21(23-2)24-14-18)17-10-8-16(9-11-17)19-6-4-5-7-20(19)28-3/h4-14H,1-3H3,(H,23,24). The number of pyridine rings is 1. The maximum absolute atomic E-state index is 5.48. The normalized spacial score (nSPS) is 10.7. The Morgan fingerprint density at radius 1 is 0.893 bits per heavy atom. The van der Waals surface area contributed by atoms with Crippen LogP contribution in [-0.2, 0) is 0 Å². The molecule has 0 aliphatic rings. The third-order valence-corrected chi connectivity index (χ3v) is 4.65. The van der Waals surface area contributed by atoms with E-state index in [1.807, 2.05) is 55.1 Å². The number of aromatic nitrogens is 4. The number of aryl methyl sites for hydroxylation is 1. The molecule has 6 heteroatoms. The predicted molar refractivity (Wildman–Crippen MR) is 111 cm³/mol. The van der Waals surface area contributed by atoms with E-state index in [-0.39, 0.29) is 0 Å². The molecule has 4 aromatic rings. The van der Waals surface area contributed by atoms with Gasteiger partial charge in [-0.3, -0.25) is 4.57 Å². The molecule has 0 spiro atoms. The maximum Gasteiger partial charge on any atom is 0.168 e. The Balaban J connectivity index is 1.72. The summed E-state index contributed by atoms with van der Waals surface area (Å²) in [4.78, 5) is 4.40. The molecule has 0 amide bonds. The van der Waals surface area contributed by atoms with Crippen LogP contribution in [0.3, 0.4) is 0 Å². The number of hydrogen-bond acceptors (Lipinski definition) is 5. The number of rotatable bonds is 5. The van der Waals surface area contributed by atoms with Crippen LogP contribution in [0.2, 0.25) is 0 Å². The number of ether oxygens (including phenoxy) is 1. The molecule has 0 unspecified atom stereocenters. The molecule has 140 valence electrons. The van der Waals surface area contributed by atoms with Crippen LogP contribution in [0.25, 0.3) is 28.2 Å². The molecule has 0 radical (unpaired) electrons. The average molecular weight is 371 g/mol. The van der Waals surface area contributed by atoms with Crippen molar-refractivity contribution < 1.29 is 4.74 Å². The van der Waals surface area contributed by atoms with Crippen molar-refractivity contribution in [1.29, 1.82) is 0 Å². The quantitative estimate of drug-likeness (QED) is 0.565. The number of anilines is 1. The van der Waals surface area contributed by atoms with Gasteiger partial charge in [-0.1, -0.05) is 42.5 Å². The van der Waals surface area contributed by atoms with Crippen molar-refractivity contribution in [3.63, 3.8) is 0 Å². The summed E-state index contributed by atoms with van der Waals surface area (Å²) in [5.74, 6) is 3.26. The summed E-state index contributed by atoms with van der Waals surface area (Å²) in [7, 11) is 3.53. The number of nitrogens with one attached hydrogen (secondary N) is 1. The van der Waals surface area contributed by atoms with E-state index in [0.717, 1.165) is 45.6 Å². The molecule has 28 heavy (non-hydrogen) atoms. The van der Waals surface area contributed by atoms with E-state index in [4.69, 9.17) is 4.74 Å². The van der Waals surface area contributed by atoms with Gasteiger partial charge in [0.1, 0.15) is 17.4 Å². The summed E-state index contributed by atoms with van der Waals surface area (Å²) >= 11 is 0. The molecule has 2 aromatic carbocycles. The highest BCUT2D eigenvalue weighted by molar-refractivity contribution is 5.73. The van der Waals surface area contributed by atoms with Crippen LogP contribution >= 0.6 is 0 Å². The minimum absolute atomic E-state index is 0.781. The van der Waals surface area contributed by atoms with Crippen LogP contribution < -0.4 is 10.1 Å². The van der Waals surface area contributed by atoms with Crippen LogP contribution in [0.5, 0.6) is 5.75 Å². The number of para-hydroxylation sites is 1. The molecule has 6 nitrogen and oxygen atoms in total. The molecule has 4 rings (SSSR count). The van der Waals surface area contributed by atoms with Crippen LogP contribution in [0.1, 0.15) is 5.82 Å². The second-order valence-electron chi connectivity index (χ2n) is 6.34. The Kier molecular flexibility index (Phi) is 4.76. The van der Waals surface area contributed by atoms with Crippen LogP contribution in [-0.4, -0.2) is 33.9 Å². The zero-order valence-corrected chi connectivity index (χ0v) is 16.0. The van der Waals surface area contributed by atoms with Gasteiger partial charge in [-0.15, -0.1) is 10.2 Å². The van der Waals surface area contributed by atoms with Gasteiger partial charge in [0.25, 0.3) is 0 Å². The molecule has 0 aliphatic carbocycles. The fraction of sp³-hybridized carbons (Fsp3) is 0.136. The zero-order chi connectivity index (χ0) is 19.5. The molecule has 0 saturated heterocycles. The molecule has 0 bridgehead atoms. The Labute approximate surface area is 163 Å². The first-order chi connectivity index (χ1) is 13.7. The van der Waals surface area contributed by atoms with E-state index in [9.17, 15) is 0 Å². The zero-order valence-electron chi connectivity index (χ0n) is 16.0. The molecule has 0 saturated carbocycles. The number of hydrogen-bond donors (Lipinski definition) is 1. The Bertz CT molecular complexity index is 1080. The lowest BCUT2D eigenvalue weighted by Crippen LogP contribution is -2.01. The first kappa shape index (κ1) is 17.7. The Hall–Kier alpha value is -3.67. The molecular formula is C22H21N5O. The van der Waals surface area contributed by atoms with Crippen LogP contribution in [0.15, 0.2) is 66.9 Å². The number of methoxy groups -OCH3 is 1. The topological polar surface area (TPSA) is 64.9 Å². The second-order valence-corrected chi connectivity index (χ2v) is 6.34. The summed E-state index contributed by atoms with van der Waals surface area (Å²) in [5, 5.41) is 11.7. The van der Waals surface area contributed by atoms with Crippen LogP contribution in [0, 0.1) is 6.92 Å². The first-order valence-corrected chi connectivity index (χ1v) is 9.01. The Morgan fingerprint density at radius 2 is 1.64 bits per heavy atom. The SMILES string of the molecule is CNc1ccc(-n2c(C)nnc2-c2ccc(-c3ccccc3OC)cc2)cn1. The molecular weight excluding hydrogens is 350 g/mol. The van der Waals surface area contributed by atoms with Gasteiger partial charge in [0.15, 0.2) is 5.82 Å². The largest absolute Gasteiger partial charge is 0.496 e. The van der Waals surface area contributed by atoms with E-state index in [2.05, 4.69) is 50.8 Å². The van der Waals surface area contributed by atoms with Crippen molar-refractivity contribution in [1.82, 2.24) is 19.7 Å². The molecule has 1 N–H and O–H groups in total. The van der Waals surface area contributed by atoms with E-state index in [1.54, 1.807) is 7.11 Å². The van der Waals surface area contributed by atoms with E-state index >= 15 is 0 Å². The highest BCUT2D eigenvalue weighted by atomic mass is 16.5. The van der Waals surface area contributed by atoms with Crippen LogP contribution in [0.4, 0.5) is 5.82 Å². The van der Waals surface area contributed by atoms with Gasteiger partial charge in [-0.2, -0.15) is 0 Å². The van der Waals surface area contributed by atoms with E-state index < -0.39 is 0 Å². The van der Waals surface area contributed by atoms with Crippen molar-refractivity contribution >= 4 is 5.82 Å². The summed E-state index contributed by atoms with van der Waals surface area (Å²) in [6.07, 6.45) is 1.81. The fourth-order valence-corrected chi connectivity index (χ4v) is 3.21. The third kappa shape index (κ3) is 3.20. The Morgan fingerprint density at radius 3 is 2.32 bits per heavy atom. The lowest BCUT2D eigenvalue weighted by Gasteiger charge is -2.11. The summed E-state index contributed by atoms with van der Waals surface area (Å²) in [6.45, 7) is 1.94. The summed E-state index contributed by atoms with van der Waals surface area (Å²) < 4.78 is 7.48. The van der Waals surface area contributed by atoms with Gasteiger partial charge < -0.3 is 10.1 Å². The van der Waals surface area contributed by atoms with Crippen molar-refractivity contribution in [2.75, 3.05) is 19.5 Å². The van der Waals surface area contributed by atoms with Gasteiger partial charge in [0, 0.05) is 18.2 Å².